The third-order valence-electron chi connectivity index (χ3n) is 2.93. The molecule has 0 saturated heterocycles. The standard InChI is InChI=1S/C12H13ClFNO/c1-7(15-16-2)8-6-9(8)12-10(13)4-3-5-11(12)14/h3-5,8-9H,6H2,1-2H3/t8-,9+/m0/s1. The number of oxime groups is 1. The summed E-state index contributed by atoms with van der Waals surface area (Å²) in [6.45, 7) is 1.89. The minimum atomic E-state index is -0.231. The van der Waals surface area contributed by atoms with Crippen molar-refractivity contribution in [1.82, 2.24) is 0 Å². The molecule has 0 N–H and O–H groups in total. The Labute approximate surface area is 99.0 Å². The summed E-state index contributed by atoms with van der Waals surface area (Å²) < 4.78 is 13.6. The van der Waals surface area contributed by atoms with E-state index in [4.69, 9.17) is 16.4 Å². The Kier molecular flexibility index (Phi) is 3.15. The van der Waals surface area contributed by atoms with E-state index in [0.717, 1.165) is 12.1 Å². The second kappa shape index (κ2) is 4.42. The van der Waals surface area contributed by atoms with Crippen LogP contribution in [0.3, 0.4) is 0 Å². The van der Waals surface area contributed by atoms with Crippen molar-refractivity contribution in [2.75, 3.05) is 7.11 Å². The Morgan fingerprint density at radius 1 is 1.56 bits per heavy atom. The molecule has 86 valence electrons. The summed E-state index contributed by atoms with van der Waals surface area (Å²) in [5.74, 6) is 0.173. The van der Waals surface area contributed by atoms with Crippen molar-refractivity contribution in [1.29, 1.82) is 0 Å². The molecule has 1 aliphatic carbocycles. The average molecular weight is 242 g/mol. The van der Waals surface area contributed by atoms with Gasteiger partial charge >= 0.3 is 0 Å². The molecule has 0 unspecified atom stereocenters. The zero-order valence-corrected chi connectivity index (χ0v) is 9.96. The van der Waals surface area contributed by atoms with Gasteiger partial charge in [0.1, 0.15) is 12.9 Å². The lowest BCUT2D eigenvalue weighted by Gasteiger charge is -2.04. The number of rotatable bonds is 3. The first-order chi connectivity index (χ1) is 7.65. The number of halogens is 2. The van der Waals surface area contributed by atoms with Gasteiger partial charge in [0.2, 0.25) is 0 Å². The molecule has 1 aromatic rings. The van der Waals surface area contributed by atoms with Crippen LogP contribution in [0.1, 0.15) is 24.8 Å². The highest BCUT2D eigenvalue weighted by Crippen LogP contribution is 2.51. The minimum absolute atomic E-state index is 0.146. The predicted octanol–water partition coefficient (Wildman–Crippen LogP) is 3.60. The third-order valence-corrected chi connectivity index (χ3v) is 3.26. The number of hydrogen-bond acceptors (Lipinski definition) is 2. The van der Waals surface area contributed by atoms with Crippen LogP contribution in [0.5, 0.6) is 0 Å². The fourth-order valence-corrected chi connectivity index (χ4v) is 2.36. The highest BCUT2D eigenvalue weighted by atomic mass is 35.5. The first kappa shape index (κ1) is 11.4. The number of benzene rings is 1. The molecule has 0 heterocycles. The fraction of sp³-hybridized carbons (Fsp3) is 0.417. The van der Waals surface area contributed by atoms with Gasteiger partial charge in [-0.05, 0) is 31.4 Å². The highest BCUT2D eigenvalue weighted by molar-refractivity contribution is 6.31. The van der Waals surface area contributed by atoms with Crippen LogP contribution in [0.2, 0.25) is 5.02 Å². The zero-order valence-electron chi connectivity index (χ0n) is 9.21. The Morgan fingerprint density at radius 2 is 2.31 bits per heavy atom. The van der Waals surface area contributed by atoms with Crippen molar-refractivity contribution in [2.24, 2.45) is 11.1 Å². The van der Waals surface area contributed by atoms with Gasteiger partial charge in [0.05, 0.1) is 5.71 Å². The van der Waals surface area contributed by atoms with Gasteiger partial charge in [-0.1, -0.05) is 22.8 Å². The van der Waals surface area contributed by atoms with Crippen LogP contribution in [0.25, 0.3) is 0 Å². The fourth-order valence-electron chi connectivity index (χ4n) is 2.05. The van der Waals surface area contributed by atoms with Crippen molar-refractivity contribution in [3.63, 3.8) is 0 Å². The summed E-state index contributed by atoms with van der Waals surface area (Å²) in [5.41, 5.74) is 1.51. The van der Waals surface area contributed by atoms with Gasteiger partial charge in [0.25, 0.3) is 0 Å². The van der Waals surface area contributed by atoms with E-state index in [1.54, 1.807) is 12.1 Å². The van der Waals surface area contributed by atoms with Gasteiger partial charge < -0.3 is 4.84 Å². The summed E-state index contributed by atoms with van der Waals surface area (Å²) in [6.07, 6.45) is 0.888. The third kappa shape index (κ3) is 2.05. The van der Waals surface area contributed by atoms with Crippen molar-refractivity contribution in [2.45, 2.75) is 19.3 Å². The Bertz CT molecular complexity index is 413. The first-order valence-corrected chi connectivity index (χ1v) is 5.54. The Morgan fingerprint density at radius 3 is 2.94 bits per heavy atom. The molecule has 1 aliphatic rings. The van der Waals surface area contributed by atoms with Gasteiger partial charge in [-0.2, -0.15) is 0 Å². The number of hydrogen-bond donors (Lipinski definition) is 0. The largest absolute Gasteiger partial charge is 0.399 e. The molecule has 16 heavy (non-hydrogen) atoms. The predicted molar refractivity (Wildman–Crippen MR) is 62.4 cm³/mol. The van der Waals surface area contributed by atoms with Gasteiger partial charge in [-0.25, -0.2) is 4.39 Å². The van der Waals surface area contributed by atoms with Gasteiger partial charge in [0, 0.05) is 16.5 Å². The van der Waals surface area contributed by atoms with Crippen LogP contribution >= 0.6 is 11.6 Å². The lowest BCUT2D eigenvalue weighted by molar-refractivity contribution is 0.212. The first-order valence-electron chi connectivity index (χ1n) is 5.16. The topological polar surface area (TPSA) is 21.6 Å². The van der Waals surface area contributed by atoms with Crippen molar-refractivity contribution >= 4 is 17.3 Å². The summed E-state index contributed by atoms with van der Waals surface area (Å²) in [7, 11) is 1.51. The second-order valence-corrected chi connectivity index (χ2v) is 4.41. The molecule has 1 saturated carbocycles. The van der Waals surface area contributed by atoms with E-state index in [9.17, 15) is 4.39 Å². The molecule has 0 spiro atoms. The average Bonchev–Trinajstić information content (AvgIpc) is 2.98. The quantitative estimate of drug-likeness (QED) is 0.585. The number of nitrogens with zero attached hydrogens (tertiary/aromatic N) is 1. The SMILES string of the molecule is CON=C(C)[C@@H]1C[C@H]1c1c(F)cccc1Cl. The van der Waals surface area contributed by atoms with E-state index >= 15 is 0 Å². The van der Waals surface area contributed by atoms with Gasteiger partial charge in [-0.3, -0.25) is 0 Å². The monoisotopic (exact) mass is 241 g/mol. The van der Waals surface area contributed by atoms with E-state index in [1.807, 2.05) is 6.92 Å². The van der Waals surface area contributed by atoms with Crippen molar-refractivity contribution in [3.8, 4) is 0 Å². The molecule has 0 radical (unpaired) electrons. The maximum atomic E-state index is 13.6. The summed E-state index contributed by atoms with van der Waals surface area (Å²) in [4.78, 5) is 4.71. The molecule has 4 heteroatoms. The van der Waals surface area contributed by atoms with Crippen LogP contribution in [-0.2, 0) is 4.84 Å². The van der Waals surface area contributed by atoms with Crippen LogP contribution < -0.4 is 0 Å². The molecule has 2 atom stereocenters. The smallest absolute Gasteiger partial charge is 0.128 e. The molecular formula is C12H13ClFNO. The van der Waals surface area contributed by atoms with Crippen LogP contribution in [-0.4, -0.2) is 12.8 Å². The molecule has 2 rings (SSSR count). The van der Waals surface area contributed by atoms with E-state index in [2.05, 4.69) is 5.16 Å². The van der Waals surface area contributed by atoms with Crippen molar-refractivity contribution < 1.29 is 9.23 Å². The highest BCUT2D eigenvalue weighted by Gasteiger charge is 2.43. The van der Waals surface area contributed by atoms with E-state index in [0.29, 0.717) is 10.6 Å². The molecule has 0 aliphatic heterocycles. The minimum Gasteiger partial charge on any atom is -0.399 e. The van der Waals surface area contributed by atoms with Crippen LogP contribution in [0, 0.1) is 11.7 Å². The van der Waals surface area contributed by atoms with Gasteiger partial charge in [-0.15, -0.1) is 0 Å². The molecule has 0 aromatic heterocycles. The lowest BCUT2D eigenvalue weighted by atomic mass is 10.1. The Hall–Kier alpha value is -1.09. The van der Waals surface area contributed by atoms with Gasteiger partial charge in [0.15, 0.2) is 0 Å². The maximum absolute atomic E-state index is 13.6. The maximum Gasteiger partial charge on any atom is 0.128 e. The van der Waals surface area contributed by atoms with Crippen LogP contribution in [0.15, 0.2) is 23.4 Å². The zero-order chi connectivity index (χ0) is 11.7. The van der Waals surface area contributed by atoms with Crippen LogP contribution in [0.4, 0.5) is 4.39 Å². The molecule has 2 nitrogen and oxygen atoms in total. The van der Waals surface area contributed by atoms with E-state index < -0.39 is 0 Å². The molecule has 0 bridgehead atoms. The lowest BCUT2D eigenvalue weighted by Crippen LogP contribution is -1.99. The van der Waals surface area contributed by atoms with E-state index in [-0.39, 0.29) is 17.7 Å². The second-order valence-electron chi connectivity index (χ2n) is 4.00. The summed E-state index contributed by atoms with van der Waals surface area (Å²) in [6, 6.07) is 4.78. The Balaban J connectivity index is 2.20. The normalized spacial score (nSPS) is 24.4. The summed E-state index contributed by atoms with van der Waals surface area (Å²) in [5, 5.41) is 4.37. The molecular weight excluding hydrogens is 229 g/mol. The molecule has 1 fully saturated rings. The summed E-state index contributed by atoms with van der Waals surface area (Å²) >= 11 is 6.00. The van der Waals surface area contributed by atoms with Crippen molar-refractivity contribution in [3.05, 3.63) is 34.6 Å². The molecule has 1 aromatic carbocycles. The van der Waals surface area contributed by atoms with E-state index in [1.165, 1.54) is 13.2 Å². The molecule has 0 amide bonds.